The number of nitriles is 1. The molecule has 1 aromatic heterocycles. The van der Waals surface area contributed by atoms with Crippen molar-refractivity contribution >= 4 is 17.4 Å². The van der Waals surface area contributed by atoms with E-state index in [2.05, 4.69) is 15.5 Å². The summed E-state index contributed by atoms with van der Waals surface area (Å²) in [6, 6.07) is 8.78. The van der Waals surface area contributed by atoms with Crippen LogP contribution in [0, 0.1) is 11.5 Å². The molecular formula is C12H9ClN4O. The van der Waals surface area contributed by atoms with Crippen LogP contribution < -0.4 is 10.1 Å². The van der Waals surface area contributed by atoms with Crippen molar-refractivity contribution in [1.29, 1.82) is 5.26 Å². The fourth-order valence-corrected chi connectivity index (χ4v) is 1.69. The molecule has 1 N–H and O–H groups in total. The van der Waals surface area contributed by atoms with E-state index in [-0.39, 0.29) is 0 Å². The van der Waals surface area contributed by atoms with Crippen molar-refractivity contribution in [3.63, 3.8) is 0 Å². The maximum absolute atomic E-state index is 8.44. The Hall–Kier alpha value is -2.32. The Kier molecular flexibility index (Phi) is 3.60. The van der Waals surface area contributed by atoms with Gasteiger partial charge in [0.15, 0.2) is 12.0 Å². The highest BCUT2D eigenvalue weighted by molar-refractivity contribution is 6.32. The number of halogens is 1. The number of nitrogens with one attached hydrogen (secondary N) is 1. The predicted octanol–water partition coefficient (Wildman–Crippen LogP) is 2.70. The quantitative estimate of drug-likeness (QED) is 0.679. The van der Waals surface area contributed by atoms with E-state index in [9.17, 15) is 0 Å². The van der Waals surface area contributed by atoms with Gasteiger partial charge in [-0.25, -0.2) is 0 Å². The summed E-state index contributed by atoms with van der Waals surface area (Å²) in [5.41, 5.74) is 1.50. The van der Waals surface area contributed by atoms with Crippen LogP contribution in [-0.2, 0) is 0 Å². The van der Waals surface area contributed by atoms with E-state index in [1.807, 2.05) is 6.07 Å². The molecule has 0 unspecified atom stereocenters. The molecule has 0 saturated carbocycles. The lowest BCUT2D eigenvalue weighted by Crippen LogP contribution is -1.95. The summed E-state index contributed by atoms with van der Waals surface area (Å²) < 4.78 is 5.07. The molecule has 5 nitrogen and oxygen atoms in total. The fourth-order valence-electron chi connectivity index (χ4n) is 1.44. The molecule has 0 aliphatic carbocycles. The van der Waals surface area contributed by atoms with Gasteiger partial charge in [-0.15, -0.1) is 10.2 Å². The predicted molar refractivity (Wildman–Crippen MR) is 68.3 cm³/mol. The smallest absolute Gasteiger partial charge is 0.182 e. The second kappa shape index (κ2) is 5.34. The van der Waals surface area contributed by atoms with Crippen molar-refractivity contribution in [3.05, 3.63) is 35.4 Å². The lowest BCUT2D eigenvalue weighted by molar-refractivity contribution is 0.415. The SMILES string of the molecule is COc1ccc(-c2ccc(NC#N)nn2)cc1Cl. The summed E-state index contributed by atoms with van der Waals surface area (Å²) in [5, 5.41) is 19.2. The Morgan fingerprint density at radius 1 is 1.28 bits per heavy atom. The average molecular weight is 261 g/mol. The van der Waals surface area contributed by atoms with E-state index in [1.54, 1.807) is 37.6 Å². The van der Waals surface area contributed by atoms with Gasteiger partial charge in [0.25, 0.3) is 0 Å². The normalized spacial score (nSPS) is 9.61. The van der Waals surface area contributed by atoms with Crippen molar-refractivity contribution in [2.75, 3.05) is 12.4 Å². The van der Waals surface area contributed by atoms with Gasteiger partial charge in [0.1, 0.15) is 5.75 Å². The number of rotatable bonds is 3. The van der Waals surface area contributed by atoms with Crippen LogP contribution in [0.3, 0.4) is 0 Å². The van der Waals surface area contributed by atoms with Crippen LogP contribution >= 0.6 is 11.6 Å². The first-order valence-electron chi connectivity index (χ1n) is 5.07. The Labute approximate surface area is 109 Å². The Morgan fingerprint density at radius 2 is 2.11 bits per heavy atom. The first-order chi connectivity index (χ1) is 8.74. The number of benzene rings is 1. The topological polar surface area (TPSA) is 70.8 Å². The third-order valence-electron chi connectivity index (χ3n) is 2.30. The van der Waals surface area contributed by atoms with Gasteiger partial charge in [0.2, 0.25) is 0 Å². The zero-order valence-electron chi connectivity index (χ0n) is 9.51. The van der Waals surface area contributed by atoms with E-state index < -0.39 is 0 Å². The van der Waals surface area contributed by atoms with Gasteiger partial charge >= 0.3 is 0 Å². The highest BCUT2D eigenvalue weighted by atomic mass is 35.5. The van der Waals surface area contributed by atoms with Gasteiger partial charge in [0.05, 0.1) is 17.8 Å². The van der Waals surface area contributed by atoms with E-state index in [0.29, 0.717) is 22.3 Å². The molecule has 0 radical (unpaired) electrons. The number of nitrogens with zero attached hydrogens (tertiary/aromatic N) is 3. The van der Waals surface area contributed by atoms with Crippen molar-refractivity contribution < 1.29 is 4.74 Å². The van der Waals surface area contributed by atoms with Gasteiger partial charge in [-0.05, 0) is 30.3 Å². The van der Waals surface area contributed by atoms with Crippen LogP contribution in [-0.4, -0.2) is 17.3 Å². The molecular weight excluding hydrogens is 252 g/mol. The van der Waals surface area contributed by atoms with Gasteiger partial charge in [-0.2, -0.15) is 5.26 Å². The summed E-state index contributed by atoms with van der Waals surface area (Å²) in [6.45, 7) is 0. The second-order valence-electron chi connectivity index (χ2n) is 3.39. The molecule has 0 fully saturated rings. The molecule has 90 valence electrons. The summed E-state index contributed by atoms with van der Waals surface area (Å²) in [6.07, 6.45) is 1.78. The summed E-state index contributed by atoms with van der Waals surface area (Å²) >= 11 is 6.03. The highest BCUT2D eigenvalue weighted by Gasteiger charge is 2.05. The van der Waals surface area contributed by atoms with Crippen LogP contribution in [0.25, 0.3) is 11.3 Å². The highest BCUT2D eigenvalue weighted by Crippen LogP contribution is 2.29. The zero-order valence-corrected chi connectivity index (χ0v) is 10.3. The molecule has 2 rings (SSSR count). The number of aromatic nitrogens is 2. The van der Waals surface area contributed by atoms with Gasteiger partial charge in [-0.3, -0.25) is 5.32 Å². The maximum atomic E-state index is 8.44. The Balaban J connectivity index is 2.31. The molecule has 0 saturated heterocycles. The number of methoxy groups -OCH3 is 1. The van der Waals surface area contributed by atoms with Crippen molar-refractivity contribution in [1.82, 2.24) is 10.2 Å². The molecule has 0 amide bonds. The fraction of sp³-hybridized carbons (Fsp3) is 0.0833. The molecule has 6 heteroatoms. The molecule has 0 spiro atoms. The number of hydrogen-bond donors (Lipinski definition) is 1. The Bertz CT molecular complexity index is 592. The molecule has 18 heavy (non-hydrogen) atoms. The minimum atomic E-state index is 0.404. The van der Waals surface area contributed by atoms with E-state index in [1.165, 1.54) is 0 Å². The van der Waals surface area contributed by atoms with Crippen LogP contribution in [0.15, 0.2) is 30.3 Å². The standard InChI is InChI=1S/C12H9ClN4O/c1-18-11-4-2-8(6-9(11)13)10-3-5-12(15-7-14)17-16-10/h2-6H,1H3,(H,15,17). The van der Waals surface area contributed by atoms with Crippen LogP contribution in [0.4, 0.5) is 5.82 Å². The lowest BCUT2D eigenvalue weighted by atomic mass is 10.1. The first kappa shape index (κ1) is 12.1. The lowest BCUT2D eigenvalue weighted by Gasteiger charge is -2.05. The van der Waals surface area contributed by atoms with E-state index in [4.69, 9.17) is 21.6 Å². The molecule has 0 bridgehead atoms. The Morgan fingerprint density at radius 3 is 2.67 bits per heavy atom. The average Bonchev–Trinajstić information content (AvgIpc) is 2.40. The van der Waals surface area contributed by atoms with Gasteiger partial charge in [-0.1, -0.05) is 11.6 Å². The molecule has 1 aromatic carbocycles. The maximum Gasteiger partial charge on any atom is 0.182 e. The zero-order chi connectivity index (χ0) is 13.0. The third-order valence-corrected chi connectivity index (χ3v) is 2.59. The molecule has 1 heterocycles. The number of anilines is 1. The van der Waals surface area contributed by atoms with Crippen LogP contribution in [0.5, 0.6) is 5.75 Å². The number of hydrogen-bond acceptors (Lipinski definition) is 5. The largest absolute Gasteiger partial charge is 0.495 e. The van der Waals surface area contributed by atoms with Crippen molar-refractivity contribution in [3.8, 4) is 23.2 Å². The molecule has 0 aliphatic heterocycles. The third kappa shape index (κ3) is 2.50. The monoisotopic (exact) mass is 260 g/mol. The summed E-state index contributed by atoms with van der Waals surface area (Å²) in [4.78, 5) is 0. The van der Waals surface area contributed by atoms with Crippen molar-refractivity contribution in [2.24, 2.45) is 0 Å². The van der Waals surface area contributed by atoms with Crippen LogP contribution in [0.1, 0.15) is 0 Å². The minimum Gasteiger partial charge on any atom is -0.495 e. The first-order valence-corrected chi connectivity index (χ1v) is 5.45. The van der Waals surface area contributed by atoms with Gasteiger partial charge < -0.3 is 4.74 Å². The molecule has 0 aliphatic rings. The van der Waals surface area contributed by atoms with E-state index >= 15 is 0 Å². The molecule has 0 atom stereocenters. The summed E-state index contributed by atoms with van der Waals surface area (Å²) in [5.74, 6) is 1.01. The second-order valence-corrected chi connectivity index (χ2v) is 3.80. The van der Waals surface area contributed by atoms with E-state index in [0.717, 1.165) is 5.56 Å². The minimum absolute atomic E-state index is 0.404. The molecule has 2 aromatic rings. The van der Waals surface area contributed by atoms with Crippen molar-refractivity contribution in [2.45, 2.75) is 0 Å². The summed E-state index contributed by atoms with van der Waals surface area (Å²) in [7, 11) is 1.56. The van der Waals surface area contributed by atoms with Gasteiger partial charge in [0, 0.05) is 5.56 Å². The van der Waals surface area contributed by atoms with Crippen LogP contribution in [0.2, 0.25) is 5.02 Å². The number of ether oxygens (including phenoxy) is 1.